The highest BCUT2D eigenvalue weighted by Crippen LogP contribution is 2.44. The van der Waals surface area contributed by atoms with Crippen molar-refractivity contribution in [2.24, 2.45) is 0 Å². The standard InChI is InChI=1S/C14H24N3O6PS/c1-3-4-5-15-24(21,25)23-10-6-12(22-11(10)8-18)17-7-9(2)13(19)16-14(17)20/h7,10-12,18H,3-6,8H2,1-2H3,(H2,15,21,25)(H,16,19,20)/t10-,11+,12+,24?/m0/s1. The lowest BCUT2D eigenvalue weighted by molar-refractivity contribution is -0.0423. The third-order valence-corrected chi connectivity index (χ3v) is 5.76. The normalized spacial score (nSPS) is 25.8. The van der Waals surface area contributed by atoms with Crippen molar-refractivity contribution in [3.8, 4) is 0 Å². The van der Waals surface area contributed by atoms with E-state index in [1.165, 1.54) is 10.8 Å². The van der Waals surface area contributed by atoms with E-state index in [0.717, 1.165) is 12.8 Å². The molecular weight excluding hydrogens is 369 g/mol. The molecule has 142 valence electrons. The van der Waals surface area contributed by atoms with Gasteiger partial charge in [-0.1, -0.05) is 13.3 Å². The SMILES string of the molecule is CCCCNP(O)(=S)O[C@H]1C[C@H](n2cc(C)c(=O)[nH]c2=O)O[C@@H]1CO. The van der Waals surface area contributed by atoms with Crippen molar-refractivity contribution in [2.75, 3.05) is 13.2 Å². The molecule has 0 bridgehead atoms. The van der Waals surface area contributed by atoms with E-state index in [9.17, 15) is 19.6 Å². The van der Waals surface area contributed by atoms with Gasteiger partial charge in [0.15, 0.2) is 0 Å². The maximum atomic E-state index is 12.0. The van der Waals surface area contributed by atoms with Crippen molar-refractivity contribution in [1.82, 2.24) is 14.6 Å². The van der Waals surface area contributed by atoms with Crippen LogP contribution in [-0.2, 0) is 21.1 Å². The molecular formula is C14H24N3O6PS. The Morgan fingerprint density at radius 3 is 2.92 bits per heavy atom. The minimum Gasteiger partial charge on any atom is -0.394 e. The number of aromatic amines is 1. The van der Waals surface area contributed by atoms with Crippen LogP contribution in [0.3, 0.4) is 0 Å². The fourth-order valence-corrected chi connectivity index (χ4v) is 4.27. The number of nitrogens with one attached hydrogen (secondary N) is 2. The molecule has 11 heteroatoms. The number of aliphatic hydroxyl groups excluding tert-OH is 1. The molecule has 1 fully saturated rings. The second-order valence-corrected chi connectivity index (χ2v) is 9.00. The number of H-pyrrole nitrogens is 1. The topological polar surface area (TPSA) is 126 Å². The molecule has 2 heterocycles. The second kappa shape index (κ2) is 8.68. The van der Waals surface area contributed by atoms with Crippen LogP contribution < -0.4 is 16.3 Å². The summed E-state index contributed by atoms with van der Waals surface area (Å²) in [4.78, 5) is 35.9. The van der Waals surface area contributed by atoms with Crippen LogP contribution in [0.2, 0.25) is 0 Å². The number of aryl methyl sites for hydroxylation is 1. The predicted molar refractivity (Wildman–Crippen MR) is 96.0 cm³/mol. The van der Waals surface area contributed by atoms with Gasteiger partial charge in [0.25, 0.3) is 12.2 Å². The van der Waals surface area contributed by atoms with Gasteiger partial charge in [0.1, 0.15) is 12.3 Å². The Kier molecular flexibility index (Phi) is 7.10. The number of ether oxygens (including phenoxy) is 1. The van der Waals surface area contributed by atoms with Gasteiger partial charge in [-0.25, -0.2) is 9.88 Å². The summed E-state index contributed by atoms with van der Waals surface area (Å²) in [6.45, 7) is 0.559. The molecule has 0 aliphatic carbocycles. The summed E-state index contributed by atoms with van der Waals surface area (Å²) in [6.07, 6.45) is 1.29. The summed E-state index contributed by atoms with van der Waals surface area (Å²) in [5.41, 5.74) is -0.708. The van der Waals surface area contributed by atoms with E-state index in [1.807, 2.05) is 6.92 Å². The number of hydrogen-bond acceptors (Lipinski definition) is 6. The minimum absolute atomic E-state index is 0.213. The fourth-order valence-electron chi connectivity index (χ4n) is 2.56. The number of hydrogen-bond donors (Lipinski definition) is 4. The number of aromatic nitrogens is 2. The van der Waals surface area contributed by atoms with E-state index in [0.29, 0.717) is 12.1 Å². The maximum Gasteiger partial charge on any atom is 0.330 e. The van der Waals surface area contributed by atoms with Gasteiger partial charge in [-0.3, -0.25) is 14.3 Å². The highest BCUT2D eigenvalue weighted by atomic mass is 32.5. The molecule has 0 spiro atoms. The van der Waals surface area contributed by atoms with Gasteiger partial charge in [0.2, 0.25) is 0 Å². The zero-order valence-corrected chi connectivity index (χ0v) is 15.9. The van der Waals surface area contributed by atoms with Crippen molar-refractivity contribution in [1.29, 1.82) is 0 Å². The molecule has 0 aromatic carbocycles. The Balaban J connectivity index is 2.12. The van der Waals surface area contributed by atoms with Crippen LogP contribution in [0, 0.1) is 6.92 Å². The minimum atomic E-state index is -3.22. The Labute approximate surface area is 150 Å². The monoisotopic (exact) mass is 393 g/mol. The van der Waals surface area contributed by atoms with Crippen LogP contribution in [0.15, 0.2) is 15.8 Å². The first-order chi connectivity index (χ1) is 11.8. The molecule has 1 aromatic rings. The largest absolute Gasteiger partial charge is 0.394 e. The Morgan fingerprint density at radius 2 is 2.28 bits per heavy atom. The van der Waals surface area contributed by atoms with Crippen molar-refractivity contribution in [3.05, 3.63) is 32.6 Å². The Bertz CT molecular complexity index is 751. The summed E-state index contributed by atoms with van der Waals surface area (Å²) in [7, 11) is 0. The molecule has 1 aromatic heterocycles. The lowest BCUT2D eigenvalue weighted by Gasteiger charge is -2.23. The molecule has 1 aliphatic heterocycles. The van der Waals surface area contributed by atoms with Gasteiger partial charge in [-0.05, 0) is 25.2 Å². The lowest BCUT2D eigenvalue weighted by atomic mass is 10.2. The average Bonchev–Trinajstić information content (AvgIpc) is 2.92. The van der Waals surface area contributed by atoms with E-state index in [1.54, 1.807) is 6.92 Å². The zero-order chi connectivity index (χ0) is 18.6. The molecule has 0 amide bonds. The van der Waals surface area contributed by atoms with E-state index < -0.39 is 36.3 Å². The predicted octanol–water partition coefficient (Wildman–Crippen LogP) is 0.117. The summed E-state index contributed by atoms with van der Waals surface area (Å²) in [5, 5.41) is 12.3. The highest BCUT2D eigenvalue weighted by molar-refractivity contribution is 8.08. The molecule has 0 radical (unpaired) electrons. The maximum absolute atomic E-state index is 12.0. The molecule has 0 saturated carbocycles. The molecule has 1 saturated heterocycles. The first kappa shape index (κ1) is 20.4. The van der Waals surface area contributed by atoms with E-state index in [2.05, 4.69) is 10.1 Å². The number of nitrogens with zero attached hydrogens (tertiary/aromatic N) is 1. The first-order valence-electron chi connectivity index (χ1n) is 8.12. The van der Waals surface area contributed by atoms with Crippen LogP contribution >= 0.6 is 6.64 Å². The summed E-state index contributed by atoms with van der Waals surface area (Å²) in [5.74, 6) is 0. The van der Waals surface area contributed by atoms with Crippen LogP contribution in [0.1, 0.15) is 38.0 Å². The second-order valence-electron chi connectivity index (χ2n) is 5.95. The van der Waals surface area contributed by atoms with Crippen LogP contribution in [0.5, 0.6) is 0 Å². The third-order valence-electron chi connectivity index (χ3n) is 3.94. The molecule has 1 unspecified atom stereocenters. The Morgan fingerprint density at radius 1 is 1.56 bits per heavy atom. The van der Waals surface area contributed by atoms with Gasteiger partial charge in [-0.2, -0.15) is 0 Å². The first-order valence-corrected chi connectivity index (χ1v) is 10.8. The number of unbranched alkanes of at least 4 members (excludes halogenated alkanes) is 1. The van der Waals surface area contributed by atoms with Crippen molar-refractivity contribution < 1.29 is 19.3 Å². The lowest BCUT2D eigenvalue weighted by Crippen LogP contribution is -2.33. The highest BCUT2D eigenvalue weighted by Gasteiger charge is 2.39. The van der Waals surface area contributed by atoms with Gasteiger partial charge in [-0.15, -0.1) is 0 Å². The fraction of sp³-hybridized carbons (Fsp3) is 0.714. The summed E-state index contributed by atoms with van der Waals surface area (Å²) < 4.78 is 12.5. The molecule has 2 rings (SSSR count). The Hall–Kier alpha value is -0.870. The zero-order valence-electron chi connectivity index (χ0n) is 14.2. The summed E-state index contributed by atoms with van der Waals surface area (Å²) >= 11 is 5.09. The number of aliphatic hydroxyl groups is 1. The van der Waals surface area contributed by atoms with Crippen LogP contribution in [0.25, 0.3) is 0 Å². The number of rotatable bonds is 8. The average molecular weight is 393 g/mol. The summed E-state index contributed by atoms with van der Waals surface area (Å²) in [6, 6.07) is 0. The van der Waals surface area contributed by atoms with E-state index in [-0.39, 0.29) is 13.0 Å². The smallest absolute Gasteiger partial charge is 0.330 e. The van der Waals surface area contributed by atoms with Gasteiger partial charge in [0.05, 0.1) is 12.7 Å². The van der Waals surface area contributed by atoms with Crippen LogP contribution in [-0.4, -0.2) is 44.9 Å². The molecule has 25 heavy (non-hydrogen) atoms. The van der Waals surface area contributed by atoms with Gasteiger partial charge in [0, 0.05) is 24.7 Å². The van der Waals surface area contributed by atoms with Gasteiger partial charge < -0.3 is 19.3 Å². The van der Waals surface area contributed by atoms with Crippen molar-refractivity contribution in [2.45, 2.75) is 51.5 Å². The van der Waals surface area contributed by atoms with Crippen LogP contribution in [0.4, 0.5) is 0 Å². The molecule has 4 atom stereocenters. The van der Waals surface area contributed by atoms with E-state index in [4.69, 9.17) is 21.1 Å². The molecule has 9 nitrogen and oxygen atoms in total. The molecule has 1 aliphatic rings. The third kappa shape index (κ3) is 5.30. The van der Waals surface area contributed by atoms with E-state index >= 15 is 0 Å². The van der Waals surface area contributed by atoms with Crippen molar-refractivity contribution >= 4 is 18.4 Å². The van der Waals surface area contributed by atoms with Gasteiger partial charge >= 0.3 is 5.69 Å². The van der Waals surface area contributed by atoms with Crippen molar-refractivity contribution in [3.63, 3.8) is 0 Å². The molecule has 4 N–H and O–H groups in total. The quantitative estimate of drug-likeness (QED) is 0.362.